The molecule has 112 valence electrons. The Morgan fingerprint density at radius 3 is 2.71 bits per heavy atom. The van der Waals surface area contributed by atoms with Crippen molar-refractivity contribution in [3.8, 4) is 0 Å². The number of hydrogen-bond acceptors (Lipinski definition) is 3. The Labute approximate surface area is 120 Å². The summed E-state index contributed by atoms with van der Waals surface area (Å²) in [6.45, 7) is 3.91. The normalized spacial score (nSPS) is 11.0. The highest BCUT2D eigenvalue weighted by Crippen LogP contribution is 2.13. The number of nitrogens with zero attached hydrogens (tertiary/aromatic N) is 1. The molecular weight excluding hydrogens is 274 g/mol. The van der Waals surface area contributed by atoms with Crippen LogP contribution in [0.2, 0.25) is 0 Å². The van der Waals surface area contributed by atoms with Crippen LogP contribution in [0.4, 0.5) is 0 Å². The highest BCUT2D eigenvalue weighted by Gasteiger charge is 2.12. The van der Waals surface area contributed by atoms with E-state index in [-0.39, 0.29) is 36.2 Å². The van der Waals surface area contributed by atoms with E-state index in [0.717, 1.165) is 0 Å². The first-order valence-electron chi connectivity index (χ1n) is 6.63. The fourth-order valence-corrected chi connectivity index (χ4v) is 2.12. The van der Waals surface area contributed by atoms with Crippen LogP contribution < -0.4 is 11.0 Å². The third kappa shape index (κ3) is 3.31. The number of fused-ring (bicyclic) bond motifs is 1. The van der Waals surface area contributed by atoms with E-state index >= 15 is 0 Å². The van der Waals surface area contributed by atoms with Crippen LogP contribution in [0, 0.1) is 0 Å². The summed E-state index contributed by atoms with van der Waals surface area (Å²) in [6.07, 6.45) is 0.155. The summed E-state index contributed by atoms with van der Waals surface area (Å²) in [5, 5.41) is 11.7. The highest BCUT2D eigenvalue weighted by molar-refractivity contribution is 5.92. The molecule has 7 nitrogen and oxygen atoms in total. The van der Waals surface area contributed by atoms with Gasteiger partial charge in [-0.15, -0.1) is 0 Å². The summed E-state index contributed by atoms with van der Waals surface area (Å²) in [4.78, 5) is 37.2. The van der Waals surface area contributed by atoms with Crippen molar-refractivity contribution in [1.29, 1.82) is 0 Å². The van der Waals surface area contributed by atoms with Crippen LogP contribution >= 0.6 is 0 Å². The number of aryl methyl sites for hydroxylation is 1. The fourth-order valence-electron chi connectivity index (χ4n) is 2.12. The average Bonchev–Trinajstić information content (AvgIpc) is 2.70. The molecule has 2 aromatic rings. The number of imidazole rings is 1. The lowest BCUT2D eigenvalue weighted by atomic mass is 10.2. The van der Waals surface area contributed by atoms with Gasteiger partial charge < -0.3 is 15.4 Å². The number of aromatic nitrogens is 2. The molecule has 3 N–H and O–H groups in total. The Kier molecular flexibility index (Phi) is 4.11. The number of rotatable bonds is 5. The van der Waals surface area contributed by atoms with Crippen molar-refractivity contribution in [3.63, 3.8) is 0 Å². The van der Waals surface area contributed by atoms with Gasteiger partial charge in [0.2, 0.25) is 5.91 Å². The number of H-pyrrole nitrogens is 1. The molecule has 21 heavy (non-hydrogen) atoms. The lowest BCUT2D eigenvalue weighted by Gasteiger charge is -2.08. The number of aromatic amines is 1. The molecule has 1 aromatic heterocycles. The quantitative estimate of drug-likeness (QED) is 0.762. The number of carboxylic acids is 1. The molecule has 0 atom stereocenters. The lowest BCUT2D eigenvalue weighted by Crippen LogP contribution is -2.31. The van der Waals surface area contributed by atoms with Crippen molar-refractivity contribution in [3.05, 3.63) is 34.2 Å². The van der Waals surface area contributed by atoms with Gasteiger partial charge in [-0.1, -0.05) is 0 Å². The second-order valence-corrected chi connectivity index (χ2v) is 5.09. The predicted octanol–water partition coefficient (Wildman–Crippen LogP) is 0.942. The second-order valence-electron chi connectivity index (χ2n) is 5.09. The van der Waals surface area contributed by atoms with Crippen LogP contribution in [0.1, 0.15) is 30.6 Å². The summed E-state index contributed by atoms with van der Waals surface area (Å²) in [5.41, 5.74) is 0.776. The summed E-state index contributed by atoms with van der Waals surface area (Å²) in [7, 11) is 0. The fraction of sp³-hybridized carbons (Fsp3) is 0.357. The summed E-state index contributed by atoms with van der Waals surface area (Å²) in [6, 6.07) is 4.44. The van der Waals surface area contributed by atoms with E-state index in [1.807, 2.05) is 13.8 Å². The summed E-state index contributed by atoms with van der Waals surface area (Å²) < 4.78 is 1.38. The number of aromatic carboxylic acids is 1. The molecule has 1 heterocycles. The van der Waals surface area contributed by atoms with Gasteiger partial charge in [0.1, 0.15) is 0 Å². The first-order valence-corrected chi connectivity index (χ1v) is 6.63. The van der Waals surface area contributed by atoms with E-state index in [4.69, 9.17) is 5.11 Å². The maximum atomic E-state index is 11.9. The van der Waals surface area contributed by atoms with E-state index in [9.17, 15) is 14.4 Å². The maximum absolute atomic E-state index is 11.9. The number of hydrogen-bond donors (Lipinski definition) is 3. The maximum Gasteiger partial charge on any atom is 0.335 e. The number of nitrogens with one attached hydrogen (secondary N) is 2. The molecule has 2 rings (SSSR count). The van der Waals surface area contributed by atoms with Crippen molar-refractivity contribution in [2.24, 2.45) is 0 Å². The molecule has 0 aliphatic carbocycles. The molecule has 0 aliphatic heterocycles. The van der Waals surface area contributed by atoms with Crippen LogP contribution in [-0.2, 0) is 11.3 Å². The van der Waals surface area contributed by atoms with E-state index < -0.39 is 5.97 Å². The van der Waals surface area contributed by atoms with Gasteiger partial charge in [0, 0.05) is 19.0 Å². The number of carbonyl (C=O) groups is 2. The van der Waals surface area contributed by atoms with Gasteiger partial charge in [-0.25, -0.2) is 9.59 Å². The number of carboxylic acid groups (broad SMARTS) is 1. The largest absolute Gasteiger partial charge is 0.478 e. The first kappa shape index (κ1) is 14.8. The molecule has 1 amide bonds. The minimum atomic E-state index is -1.06. The zero-order valence-corrected chi connectivity index (χ0v) is 11.8. The van der Waals surface area contributed by atoms with Gasteiger partial charge >= 0.3 is 11.7 Å². The minimum absolute atomic E-state index is 0.0378. The third-order valence-electron chi connectivity index (χ3n) is 3.03. The van der Waals surface area contributed by atoms with Crippen molar-refractivity contribution < 1.29 is 14.7 Å². The molecule has 0 aliphatic rings. The SMILES string of the molecule is CC(C)NC(=O)CCn1c(=O)[nH]c2ccc(C(=O)O)cc21. The van der Waals surface area contributed by atoms with E-state index in [1.165, 1.54) is 16.7 Å². The monoisotopic (exact) mass is 291 g/mol. The summed E-state index contributed by atoms with van der Waals surface area (Å²) in [5.74, 6) is -1.21. The number of benzene rings is 1. The van der Waals surface area contributed by atoms with Crippen LogP contribution in [0.5, 0.6) is 0 Å². The van der Waals surface area contributed by atoms with Crippen molar-refractivity contribution >= 4 is 22.9 Å². The highest BCUT2D eigenvalue weighted by atomic mass is 16.4. The van der Waals surface area contributed by atoms with Crippen LogP contribution in [0.3, 0.4) is 0 Å². The molecule has 0 saturated heterocycles. The Hall–Kier alpha value is -2.57. The van der Waals surface area contributed by atoms with Gasteiger partial charge in [0.25, 0.3) is 0 Å². The predicted molar refractivity (Wildman–Crippen MR) is 77.4 cm³/mol. The minimum Gasteiger partial charge on any atom is -0.478 e. The molecule has 1 aromatic carbocycles. The van der Waals surface area contributed by atoms with Gasteiger partial charge in [-0.2, -0.15) is 0 Å². The number of amides is 1. The molecule has 0 spiro atoms. The van der Waals surface area contributed by atoms with Crippen molar-refractivity contribution in [2.45, 2.75) is 32.9 Å². The number of carbonyl (C=O) groups excluding carboxylic acids is 1. The van der Waals surface area contributed by atoms with Crippen LogP contribution in [-0.4, -0.2) is 32.6 Å². The zero-order valence-electron chi connectivity index (χ0n) is 11.8. The first-order chi connectivity index (χ1) is 9.88. The van der Waals surface area contributed by atoms with Crippen LogP contribution in [0.25, 0.3) is 11.0 Å². The Balaban J connectivity index is 2.28. The standard InChI is InChI=1S/C14H17N3O4/c1-8(2)15-12(18)5-6-17-11-7-9(13(19)20)3-4-10(11)16-14(17)21/h3-4,7-8H,5-6H2,1-2H3,(H,15,18)(H,16,21)(H,19,20). The summed E-state index contributed by atoms with van der Waals surface area (Å²) >= 11 is 0. The lowest BCUT2D eigenvalue weighted by molar-refractivity contribution is -0.121. The van der Waals surface area contributed by atoms with Crippen molar-refractivity contribution in [2.75, 3.05) is 0 Å². The van der Waals surface area contributed by atoms with Gasteiger partial charge in [-0.05, 0) is 32.0 Å². The Morgan fingerprint density at radius 2 is 2.10 bits per heavy atom. The Bertz CT molecular complexity index is 742. The zero-order chi connectivity index (χ0) is 15.6. The topological polar surface area (TPSA) is 104 Å². The molecular formula is C14H17N3O4. The smallest absolute Gasteiger partial charge is 0.335 e. The van der Waals surface area contributed by atoms with Crippen LogP contribution in [0.15, 0.2) is 23.0 Å². The molecule has 0 unspecified atom stereocenters. The van der Waals surface area contributed by atoms with E-state index in [2.05, 4.69) is 10.3 Å². The molecule has 0 fully saturated rings. The third-order valence-corrected chi connectivity index (χ3v) is 3.03. The Morgan fingerprint density at radius 1 is 1.38 bits per heavy atom. The van der Waals surface area contributed by atoms with E-state index in [0.29, 0.717) is 11.0 Å². The van der Waals surface area contributed by atoms with E-state index in [1.54, 1.807) is 6.07 Å². The second kappa shape index (κ2) is 5.82. The van der Waals surface area contributed by atoms with Gasteiger partial charge in [-0.3, -0.25) is 9.36 Å². The van der Waals surface area contributed by atoms with Crippen molar-refractivity contribution in [1.82, 2.24) is 14.9 Å². The molecule has 0 radical (unpaired) electrons. The van der Waals surface area contributed by atoms with Gasteiger partial charge in [0.05, 0.1) is 16.6 Å². The molecule has 0 saturated carbocycles. The average molecular weight is 291 g/mol. The molecule has 7 heteroatoms. The molecule has 0 bridgehead atoms. The van der Waals surface area contributed by atoms with Gasteiger partial charge in [0.15, 0.2) is 0 Å².